The van der Waals surface area contributed by atoms with Crippen molar-refractivity contribution in [2.24, 2.45) is 0 Å². The molecule has 0 atom stereocenters. The summed E-state index contributed by atoms with van der Waals surface area (Å²) < 4.78 is 9.76. The Bertz CT molecular complexity index is 630. The van der Waals surface area contributed by atoms with Crippen LogP contribution in [0.1, 0.15) is 17.3 Å². The molecule has 0 aliphatic heterocycles. The lowest BCUT2D eigenvalue weighted by Crippen LogP contribution is -2.16. The smallest absolute Gasteiger partial charge is 0.351 e. The van der Waals surface area contributed by atoms with Gasteiger partial charge >= 0.3 is 11.6 Å². The first-order chi connectivity index (χ1) is 8.11. The summed E-state index contributed by atoms with van der Waals surface area (Å²) in [5.41, 5.74) is 5.58. The number of anilines is 1. The third-order valence-electron chi connectivity index (χ3n) is 2.26. The van der Waals surface area contributed by atoms with E-state index < -0.39 is 11.6 Å². The van der Waals surface area contributed by atoms with Crippen molar-refractivity contribution in [2.45, 2.75) is 6.92 Å². The summed E-state index contributed by atoms with van der Waals surface area (Å²) in [5, 5.41) is 0.627. The third-order valence-corrected chi connectivity index (χ3v) is 2.26. The molecule has 2 aromatic rings. The van der Waals surface area contributed by atoms with Crippen LogP contribution in [0.5, 0.6) is 0 Å². The van der Waals surface area contributed by atoms with E-state index in [9.17, 15) is 9.59 Å². The molecule has 0 saturated heterocycles. The molecular weight excluding hydrogens is 222 g/mol. The number of rotatable bonds is 2. The average Bonchev–Trinajstić information content (AvgIpc) is 2.28. The van der Waals surface area contributed by atoms with Crippen LogP contribution in [-0.4, -0.2) is 12.6 Å². The Morgan fingerprint density at radius 3 is 2.88 bits per heavy atom. The predicted octanol–water partition coefficient (Wildman–Crippen LogP) is 1.55. The van der Waals surface area contributed by atoms with Crippen LogP contribution in [0.3, 0.4) is 0 Å². The topological polar surface area (TPSA) is 82.5 Å². The molecule has 0 spiro atoms. The van der Waals surface area contributed by atoms with E-state index in [1.54, 1.807) is 19.1 Å². The molecular formula is C12H11NO4. The van der Waals surface area contributed by atoms with Crippen molar-refractivity contribution in [2.75, 3.05) is 12.3 Å². The number of carbonyl (C=O) groups excluding carboxylic acids is 1. The average molecular weight is 233 g/mol. The van der Waals surface area contributed by atoms with Crippen LogP contribution in [0.2, 0.25) is 0 Å². The zero-order valence-electron chi connectivity index (χ0n) is 9.23. The highest BCUT2D eigenvalue weighted by Gasteiger charge is 2.14. The number of nitrogens with two attached hydrogens (primary N) is 1. The molecule has 0 fully saturated rings. The van der Waals surface area contributed by atoms with Crippen molar-refractivity contribution >= 4 is 22.6 Å². The van der Waals surface area contributed by atoms with Gasteiger partial charge in [-0.15, -0.1) is 0 Å². The molecule has 5 nitrogen and oxygen atoms in total. The molecule has 0 aliphatic rings. The Morgan fingerprint density at radius 1 is 1.41 bits per heavy atom. The highest BCUT2D eigenvalue weighted by Crippen LogP contribution is 2.16. The van der Waals surface area contributed by atoms with Gasteiger partial charge in [-0.05, 0) is 25.1 Å². The van der Waals surface area contributed by atoms with Gasteiger partial charge in [-0.2, -0.15) is 0 Å². The summed E-state index contributed by atoms with van der Waals surface area (Å²) in [6.45, 7) is 1.87. The van der Waals surface area contributed by atoms with Gasteiger partial charge in [0.25, 0.3) is 0 Å². The molecule has 0 aliphatic carbocycles. The Morgan fingerprint density at radius 2 is 2.18 bits per heavy atom. The highest BCUT2D eigenvalue weighted by atomic mass is 16.5. The zero-order valence-corrected chi connectivity index (χ0v) is 9.23. The summed E-state index contributed by atoms with van der Waals surface area (Å²) in [6.07, 6.45) is 0. The lowest BCUT2D eigenvalue weighted by Gasteiger charge is -2.02. The van der Waals surface area contributed by atoms with Crippen LogP contribution in [0.25, 0.3) is 11.0 Å². The maximum Gasteiger partial charge on any atom is 0.351 e. The molecule has 0 bridgehead atoms. The molecule has 2 rings (SSSR count). The van der Waals surface area contributed by atoms with Crippen LogP contribution in [0.15, 0.2) is 33.5 Å². The standard InChI is InChI=1S/C12H11NO4/c1-2-16-11(14)9-5-7-3-4-8(13)6-10(7)17-12(9)15/h3-6H,2,13H2,1H3. The van der Waals surface area contributed by atoms with Crippen molar-refractivity contribution in [1.29, 1.82) is 0 Å². The fraction of sp³-hybridized carbons (Fsp3) is 0.167. The minimum Gasteiger partial charge on any atom is -0.462 e. The van der Waals surface area contributed by atoms with Gasteiger partial charge in [0.2, 0.25) is 0 Å². The second-order valence-corrected chi connectivity index (χ2v) is 3.47. The van der Waals surface area contributed by atoms with Gasteiger partial charge in [-0.1, -0.05) is 0 Å². The SMILES string of the molecule is CCOC(=O)c1cc2ccc(N)cc2oc1=O. The van der Waals surface area contributed by atoms with E-state index in [-0.39, 0.29) is 12.2 Å². The van der Waals surface area contributed by atoms with Crippen molar-refractivity contribution in [1.82, 2.24) is 0 Å². The summed E-state index contributed by atoms with van der Waals surface area (Å²) in [4.78, 5) is 23.0. The summed E-state index contributed by atoms with van der Waals surface area (Å²) in [5.74, 6) is -0.681. The van der Waals surface area contributed by atoms with E-state index in [4.69, 9.17) is 14.9 Å². The Kier molecular flexibility index (Phi) is 2.82. The van der Waals surface area contributed by atoms with Crippen LogP contribution >= 0.6 is 0 Å². The molecule has 0 saturated carbocycles. The quantitative estimate of drug-likeness (QED) is 0.483. The Balaban J connectivity index is 2.60. The lowest BCUT2D eigenvalue weighted by molar-refractivity contribution is 0.0522. The minimum absolute atomic E-state index is 0.107. The van der Waals surface area contributed by atoms with Gasteiger partial charge in [0, 0.05) is 17.1 Å². The van der Waals surface area contributed by atoms with Crippen molar-refractivity contribution in [3.05, 3.63) is 40.2 Å². The fourth-order valence-corrected chi connectivity index (χ4v) is 1.48. The van der Waals surface area contributed by atoms with Crippen LogP contribution in [-0.2, 0) is 4.74 Å². The molecule has 0 radical (unpaired) electrons. The van der Waals surface area contributed by atoms with E-state index in [1.807, 2.05) is 0 Å². The molecule has 0 amide bonds. The number of fused-ring (bicyclic) bond motifs is 1. The Hall–Kier alpha value is -2.30. The molecule has 2 N–H and O–H groups in total. The van der Waals surface area contributed by atoms with Gasteiger partial charge < -0.3 is 14.9 Å². The first-order valence-electron chi connectivity index (χ1n) is 5.12. The van der Waals surface area contributed by atoms with Gasteiger partial charge in [0.1, 0.15) is 11.1 Å². The van der Waals surface area contributed by atoms with Gasteiger partial charge in [-0.25, -0.2) is 9.59 Å². The summed E-state index contributed by atoms with van der Waals surface area (Å²) in [6, 6.07) is 6.32. The molecule has 17 heavy (non-hydrogen) atoms. The van der Waals surface area contributed by atoms with Crippen LogP contribution in [0.4, 0.5) is 5.69 Å². The third kappa shape index (κ3) is 2.13. The number of carbonyl (C=O) groups is 1. The van der Waals surface area contributed by atoms with E-state index in [1.165, 1.54) is 12.1 Å². The number of hydrogen-bond donors (Lipinski definition) is 1. The van der Waals surface area contributed by atoms with E-state index in [2.05, 4.69) is 0 Å². The monoisotopic (exact) mass is 233 g/mol. The Labute approximate surface area is 96.8 Å². The van der Waals surface area contributed by atoms with E-state index in [0.717, 1.165) is 0 Å². The number of ether oxygens (including phenoxy) is 1. The summed E-state index contributed by atoms with van der Waals surface area (Å²) in [7, 11) is 0. The minimum atomic E-state index is -0.721. The first-order valence-corrected chi connectivity index (χ1v) is 5.12. The molecule has 1 aromatic heterocycles. The number of benzene rings is 1. The lowest BCUT2D eigenvalue weighted by atomic mass is 10.2. The number of nitrogen functional groups attached to an aromatic ring is 1. The second kappa shape index (κ2) is 4.29. The van der Waals surface area contributed by atoms with E-state index >= 15 is 0 Å². The zero-order chi connectivity index (χ0) is 12.4. The van der Waals surface area contributed by atoms with Crippen molar-refractivity contribution in [3.63, 3.8) is 0 Å². The highest BCUT2D eigenvalue weighted by molar-refractivity contribution is 5.93. The summed E-state index contributed by atoms with van der Waals surface area (Å²) >= 11 is 0. The maximum absolute atomic E-state index is 11.6. The van der Waals surface area contributed by atoms with Gasteiger partial charge in [0.05, 0.1) is 6.61 Å². The molecule has 1 heterocycles. The normalized spacial score (nSPS) is 10.4. The van der Waals surface area contributed by atoms with Crippen molar-refractivity contribution in [3.8, 4) is 0 Å². The molecule has 88 valence electrons. The molecule has 0 unspecified atom stereocenters. The number of hydrogen-bond acceptors (Lipinski definition) is 5. The van der Waals surface area contributed by atoms with Gasteiger partial charge in [-0.3, -0.25) is 0 Å². The first kappa shape index (κ1) is 11.2. The molecule has 5 heteroatoms. The largest absolute Gasteiger partial charge is 0.462 e. The van der Waals surface area contributed by atoms with Crippen LogP contribution < -0.4 is 11.4 Å². The molecule has 1 aromatic carbocycles. The second-order valence-electron chi connectivity index (χ2n) is 3.47. The predicted molar refractivity (Wildman–Crippen MR) is 62.9 cm³/mol. The van der Waals surface area contributed by atoms with Crippen molar-refractivity contribution < 1.29 is 13.9 Å². The van der Waals surface area contributed by atoms with Crippen LogP contribution in [0, 0.1) is 0 Å². The maximum atomic E-state index is 11.6. The number of esters is 1. The van der Waals surface area contributed by atoms with Gasteiger partial charge in [0.15, 0.2) is 0 Å². The fourth-order valence-electron chi connectivity index (χ4n) is 1.48. The van der Waals surface area contributed by atoms with E-state index in [0.29, 0.717) is 16.7 Å².